The molecule has 0 bridgehead atoms. The second kappa shape index (κ2) is 8.56. The van der Waals surface area contributed by atoms with Gasteiger partial charge in [-0.1, -0.05) is 29.5 Å². The predicted molar refractivity (Wildman–Crippen MR) is 103 cm³/mol. The molecule has 29 heavy (non-hydrogen) atoms. The van der Waals surface area contributed by atoms with Crippen LogP contribution in [0.1, 0.15) is 11.1 Å². The molecular formula is C19H17F3N4O2S. The molecule has 0 saturated heterocycles. The zero-order valence-corrected chi connectivity index (χ0v) is 16.3. The molecule has 0 spiro atoms. The lowest BCUT2D eigenvalue weighted by molar-refractivity contribution is -0.274. The van der Waals surface area contributed by atoms with Crippen LogP contribution in [0.15, 0.2) is 53.9 Å². The summed E-state index contributed by atoms with van der Waals surface area (Å²) in [4.78, 5) is 12.2. The van der Waals surface area contributed by atoms with E-state index in [1.54, 1.807) is 10.9 Å². The van der Waals surface area contributed by atoms with E-state index >= 15 is 0 Å². The number of halogens is 3. The Kier molecular flexibility index (Phi) is 6.12. The Hall–Kier alpha value is -3.01. The van der Waals surface area contributed by atoms with Crippen molar-refractivity contribution >= 4 is 23.4 Å². The van der Waals surface area contributed by atoms with Crippen LogP contribution in [0.3, 0.4) is 0 Å². The number of aromatic nitrogens is 3. The molecule has 0 aliphatic rings. The molecule has 0 fully saturated rings. The molecule has 0 atom stereocenters. The Bertz CT molecular complexity index is 1000. The van der Waals surface area contributed by atoms with Crippen LogP contribution in [-0.2, 0) is 4.79 Å². The van der Waals surface area contributed by atoms with Crippen LogP contribution in [-0.4, -0.2) is 32.8 Å². The number of carbonyl (C=O) groups is 1. The van der Waals surface area contributed by atoms with Crippen LogP contribution < -0.4 is 10.1 Å². The third-order valence-corrected chi connectivity index (χ3v) is 4.78. The fourth-order valence-electron chi connectivity index (χ4n) is 2.63. The number of aryl methyl sites for hydroxylation is 2. The van der Waals surface area contributed by atoms with Crippen LogP contribution in [0.2, 0.25) is 0 Å². The molecule has 10 heteroatoms. The maximum absolute atomic E-state index is 12.2. The average molecular weight is 422 g/mol. The smallest absolute Gasteiger partial charge is 0.406 e. The normalized spacial score (nSPS) is 11.3. The molecule has 0 saturated carbocycles. The van der Waals surface area contributed by atoms with Gasteiger partial charge in [-0.05, 0) is 49.7 Å². The topological polar surface area (TPSA) is 69.0 Å². The van der Waals surface area contributed by atoms with Crippen molar-refractivity contribution in [3.63, 3.8) is 0 Å². The standard InChI is InChI=1S/C19H17F3N4O2S/c1-12-3-8-16(13(2)9-12)26-11-23-25-18(26)29-10-17(27)24-14-4-6-15(7-5-14)28-19(20,21)22/h3-9,11H,10H2,1-2H3,(H,24,27). The highest BCUT2D eigenvalue weighted by Crippen LogP contribution is 2.25. The largest absolute Gasteiger partial charge is 0.573 e. The molecule has 1 heterocycles. The van der Waals surface area contributed by atoms with Crippen LogP contribution in [0.4, 0.5) is 18.9 Å². The summed E-state index contributed by atoms with van der Waals surface area (Å²) in [5.74, 6) is -0.620. The quantitative estimate of drug-likeness (QED) is 0.592. The molecule has 0 aliphatic heterocycles. The number of carbonyl (C=O) groups excluding carboxylic acids is 1. The number of anilines is 1. The highest BCUT2D eigenvalue weighted by molar-refractivity contribution is 7.99. The minimum atomic E-state index is -4.76. The number of nitrogens with one attached hydrogen (secondary N) is 1. The molecule has 1 amide bonds. The number of hydrogen-bond acceptors (Lipinski definition) is 5. The van der Waals surface area contributed by atoms with E-state index < -0.39 is 6.36 Å². The lowest BCUT2D eigenvalue weighted by Gasteiger charge is -2.11. The molecule has 152 valence electrons. The summed E-state index contributed by atoms with van der Waals surface area (Å²) in [7, 11) is 0. The Labute approximate surface area is 169 Å². The summed E-state index contributed by atoms with van der Waals surface area (Å²) in [5, 5.41) is 11.1. The lowest BCUT2D eigenvalue weighted by Crippen LogP contribution is -2.17. The average Bonchev–Trinajstić information content (AvgIpc) is 3.09. The number of alkyl halides is 3. The number of hydrogen-bond donors (Lipinski definition) is 1. The third-order valence-electron chi connectivity index (χ3n) is 3.83. The van der Waals surface area contributed by atoms with E-state index in [0.29, 0.717) is 10.8 Å². The Morgan fingerprint density at radius 1 is 1.17 bits per heavy atom. The van der Waals surface area contributed by atoms with Gasteiger partial charge in [-0.15, -0.1) is 23.4 Å². The zero-order valence-electron chi connectivity index (χ0n) is 15.5. The summed E-state index contributed by atoms with van der Waals surface area (Å²) in [6.45, 7) is 3.99. The van der Waals surface area contributed by atoms with Crippen molar-refractivity contribution in [1.29, 1.82) is 0 Å². The minimum absolute atomic E-state index is 0.0599. The van der Waals surface area contributed by atoms with Crippen molar-refractivity contribution in [2.24, 2.45) is 0 Å². The van der Waals surface area contributed by atoms with Gasteiger partial charge in [0, 0.05) is 5.69 Å². The second-order valence-electron chi connectivity index (χ2n) is 6.18. The Morgan fingerprint density at radius 3 is 2.55 bits per heavy atom. The first-order chi connectivity index (χ1) is 13.7. The highest BCUT2D eigenvalue weighted by Gasteiger charge is 2.30. The summed E-state index contributed by atoms with van der Waals surface area (Å²) in [6.07, 6.45) is -3.18. The van der Waals surface area contributed by atoms with E-state index in [4.69, 9.17) is 0 Å². The van der Waals surface area contributed by atoms with Crippen molar-refractivity contribution < 1.29 is 22.7 Å². The minimum Gasteiger partial charge on any atom is -0.406 e. The number of nitrogens with zero attached hydrogens (tertiary/aromatic N) is 3. The number of benzene rings is 2. The van der Waals surface area contributed by atoms with Crippen molar-refractivity contribution in [2.75, 3.05) is 11.1 Å². The van der Waals surface area contributed by atoms with Crippen molar-refractivity contribution in [3.8, 4) is 11.4 Å². The number of thioether (sulfide) groups is 1. The molecule has 1 aromatic heterocycles. The van der Waals surface area contributed by atoms with E-state index in [0.717, 1.165) is 28.9 Å². The second-order valence-corrected chi connectivity index (χ2v) is 7.12. The van der Waals surface area contributed by atoms with Gasteiger partial charge in [-0.25, -0.2) is 0 Å². The Balaban J connectivity index is 1.60. The van der Waals surface area contributed by atoms with Gasteiger partial charge in [-0.2, -0.15) is 0 Å². The number of rotatable bonds is 6. The van der Waals surface area contributed by atoms with Crippen molar-refractivity contribution in [2.45, 2.75) is 25.4 Å². The van der Waals surface area contributed by atoms with Gasteiger partial charge in [0.15, 0.2) is 5.16 Å². The molecule has 0 unspecified atom stereocenters. The van der Waals surface area contributed by atoms with Gasteiger partial charge in [0.1, 0.15) is 12.1 Å². The highest BCUT2D eigenvalue weighted by atomic mass is 32.2. The first kappa shape index (κ1) is 20.7. The Morgan fingerprint density at radius 2 is 1.90 bits per heavy atom. The SMILES string of the molecule is Cc1ccc(-n2cnnc2SCC(=O)Nc2ccc(OC(F)(F)F)cc2)c(C)c1. The first-order valence-corrected chi connectivity index (χ1v) is 9.46. The van der Waals surface area contributed by atoms with Gasteiger partial charge < -0.3 is 10.1 Å². The molecule has 1 N–H and O–H groups in total. The van der Waals surface area contributed by atoms with Gasteiger partial charge in [0.2, 0.25) is 5.91 Å². The van der Waals surface area contributed by atoms with E-state index in [1.165, 1.54) is 23.9 Å². The van der Waals surface area contributed by atoms with Gasteiger partial charge in [0.05, 0.1) is 11.4 Å². The van der Waals surface area contributed by atoms with E-state index in [1.807, 2.05) is 32.0 Å². The fourth-order valence-corrected chi connectivity index (χ4v) is 3.35. The monoisotopic (exact) mass is 422 g/mol. The summed E-state index contributed by atoms with van der Waals surface area (Å²) in [5.41, 5.74) is 3.47. The predicted octanol–water partition coefficient (Wildman–Crippen LogP) is 4.51. The van der Waals surface area contributed by atoms with Crippen molar-refractivity contribution in [3.05, 3.63) is 59.9 Å². The van der Waals surface area contributed by atoms with Crippen LogP contribution in [0.25, 0.3) is 5.69 Å². The summed E-state index contributed by atoms with van der Waals surface area (Å²) in [6, 6.07) is 10.9. The van der Waals surface area contributed by atoms with Gasteiger partial charge >= 0.3 is 6.36 Å². The molecule has 3 rings (SSSR count). The molecule has 0 radical (unpaired) electrons. The molecule has 2 aromatic carbocycles. The molecular weight excluding hydrogens is 405 g/mol. The van der Waals surface area contributed by atoms with Gasteiger partial charge in [-0.3, -0.25) is 9.36 Å². The summed E-state index contributed by atoms with van der Waals surface area (Å²) < 4.78 is 42.1. The number of amides is 1. The zero-order chi connectivity index (χ0) is 21.0. The lowest BCUT2D eigenvalue weighted by atomic mass is 10.1. The van der Waals surface area contributed by atoms with Crippen LogP contribution >= 0.6 is 11.8 Å². The molecule has 0 aliphatic carbocycles. The van der Waals surface area contributed by atoms with Crippen LogP contribution in [0, 0.1) is 13.8 Å². The molecule has 6 nitrogen and oxygen atoms in total. The first-order valence-electron chi connectivity index (χ1n) is 8.47. The van der Waals surface area contributed by atoms with E-state index in [9.17, 15) is 18.0 Å². The number of ether oxygens (including phenoxy) is 1. The fraction of sp³-hybridized carbons (Fsp3) is 0.211. The maximum Gasteiger partial charge on any atom is 0.573 e. The third kappa shape index (κ3) is 5.74. The van der Waals surface area contributed by atoms with E-state index in [2.05, 4.69) is 20.3 Å². The van der Waals surface area contributed by atoms with Crippen molar-refractivity contribution in [1.82, 2.24) is 14.8 Å². The summed E-state index contributed by atoms with van der Waals surface area (Å²) >= 11 is 1.20. The van der Waals surface area contributed by atoms with Crippen LogP contribution in [0.5, 0.6) is 5.75 Å². The van der Waals surface area contributed by atoms with E-state index in [-0.39, 0.29) is 17.4 Å². The molecule has 3 aromatic rings. The maximum atomic E-state index is 12.2. The van der Waals surface area contributed by atoms with Gasteiger partial charge in [0.25, 0.3) is 0 Å².